The Morgan fingerprint density at radius 1 is 1.29 bits per heavy atom. The SMILES string of the molecule is NC(=O)c1cnc2cc(N)ccc2c1. The number of hydrogen-bond donors (Lipinski definition) is 2. The van der Waals surface area contributed by atoms with Gasteiger partial charge in [0.25, 0.3) is 0 Å². The van der Waals surface area contributed by atoms with Gasteiger partial charge in [-0.1, -0.05) is 6.07 Å². The molecular formula is C10H9N3O. The standard InChI is InChI=1S/C10H9N3O/c11-8-2-1-6-3-7(10(12)14)5-13-9(6)4-8/h1-5H,11H2,(H2,12,14). The molecule has 4 heteroatoms. The van der Waals surface area contributed by atoms with E-state index in [1.165, 1.54) is 6.20 Å². The van der Waals surface area contributed by atoms with Crippen LogP contribution in [0.15, 0.2) is 30.5 Å². The highest BCUT2D eigenvalue weighted by Crippen LogP contribution is 2.15. The molecule has 0 aliphatic rings. The van der Waals surface area contributed by atoms with Crippen LogP contribution in [0.2, 0.25) is 0 Å². The van der Waals surface area contributed by atoms with Crippen molar-refractivity contribution >= 4 is 22.5 Å². The fourth-order valence-electron chi connectivity index (χ4n) is 1.27. The summed E-state index contributed by atoms with van der Waals surface area (Å²) in [6, 6.07) is 7.02. The van der Waals surface area contributed by atoms with Gasteiger partial charge >= 0.3 is 0 Å². The quantitative estimate of drug-likeness (QED) is 0.651. The van der Waals surface area contributed by atoms with E-state index in [2.05, 4.69) is 4.98 Å². The molecule has 0 aliphatic heterocycles. The number of pyridine rings is 1. The number of anilines is 1. The van der Waals surface area contributed by atoms with Crippen LogP contribution in [0, 0.1) is 0 Å². The van der Waals surface area contributed by atoms with Gasteiger partial charge in [0.05, 0.1) is 11.1 Å². The minimum atomic E-state index is -0.476. The highest BCUT2D eigenvalue weighted by molar-refractivity contribution is 5.96. The van der Waals surface area contributed by atoms with Crippen LogP contribution in [0.4, 0.5) is 5.69 Å². The van der Waals surface area contributed by atoms with Crippen molar-refractivity contribution in [1.82, 2.24) is 4.98 Å². The first-order chi connectivity index (χ1) is 6.66. The van der Waals surface area contributed by atoms with Gasteiger partial charge in [-0.2, -0.15) is 0 Å². The van der Waals surface area contributed by atoms with Crippen molar-refractivity contribution in [2.45, 2.75) is 0 Å². The fourth-order valence-corrected chi connectivity index (χ4v) is 1.27. The van der Waals surface area contributed by atoms with Crippen molar-refractivity contribution in [1.29, 1.82) is 0 Å². The summed E-state index contributed by atoms with van der Waals surface area (Å²) in [5.74, 6) is -0.476. The molecule has 1 amide bonds. The van der Waals surface area contributed by atoms with Gasteiger partial charge in [-0.05, 0) is 18.2 Å². The largest absolute Gasteiger partial charge is 0.399 e. The van der Waals surface area contributed by atoms with Gasteiger partial charge in [0.2, 0.25) is 5.91 Å². The number of nitrogens with two attached hydrogens (primary N) is 2. The van der Waals surface area contributed by atoms with E-state index in [4.69, 9.17) is 11.5 Å². The summed E-state index contributed by atoms with van der Waals surface area (Å²) < 4.78 is 0. The van der Waals surface area contributed by atoms with E-state index >= 15 is 0 Å². The molecule has 0 bridgehead atoms. The van der Waals surface area contributed by atoms with Gasteiger partial charge in [-0.15, -0.1) is 0 Å². The van der Waals surface area contributed by atoms with E-state index in [9.17, 15) is 4.79 Å². The number of primary amides is 1. The van der Waals surface area contributed by atoms with Crippen LogP contribution in [-0.4, -0.2) is 10.9 Å². The average Bonchev–Trinajstić information content (AvgIpc) is 2.16. The molecule has 0 saturated heterocycles. The fraction of sp³-hybridized carbons (Fsp3) is 0. The zero-order chi connectivity index (χ0) is 10.1. The topological polar surface area (TPSA) is 82.0 Å². The third kappa shape index (κ3) is 1.37. The van der Waals surface area contributed by atoms with Crippen LogP contribution in [0.5, 0.6) is 0 Å². The molecule has 70 valence electrons. The summed E-state index contributed by atoms with van der Waals surface area (Å²) in [7, 11) is 0. The van der Waals surface area contributed by atoms with Crippen LogP contribution in [0.3, 0.4) is 0 Å². The number of nitrogen functional groups attached to an aromatic ring is 1. The lowest BCUT2D eigenvalue weighted by Crippen LogP contribution is -2.11. The van der Waals surface area contributed by atoms with E-state index in [1.807, 2.05) is 6.07 Å². The van der Waals surface area contributed by atoms with E-state index in [0.29, 0.717) is 11.3 Å². The molecule has 0 aliphatic carbocycles. The van der Waals surface area contributed by atoms with Gasteiger partial charge in [0, 0.05) is 17.3 Å². The molecule has 0 fully saturated rings. The molecule has 1 aromatic carbocycles. The van der Waals surface area contributed by atoms with Gasteiger partial charge in [-0.3, -0.25) is 9.78 Å². The number of benzene rings is 1. The minimum absolute atomic E-state index is 0.405. The van der Waals surface area contributed by atoms with Crippen molar-refractivity contribution in [3.8, 4) is 0 Å². The molecular weight excluding hydrogens is 178 g/mol. The first-order valence-corrected chi connectivity index (χ1v) is 4.12. The smallest absolute Gasteiger partial charge is 0.250 e. The van der Waals surface area contributed by atoms with Crippen LogP contribution >= 0.6 is 0 Å². The lowest BCUT2D eigenvalue weighted by Gasteiger charge is -2.00. The minimum Gasteiger partial charge on any atom is -0.399 e. The summed E-state index contributed by atoms with van der Waals surface area (Å²) in [6.45, 7) is 0. The maximum atomic E-state index is 10.9. The van der Waals surface area contributed by atoms with Crippen molar-refractivity contribution < 1.29 is 4.79 Å². The lowest BCUT2D eigenvalue weighted by molar-refractivity contribution is 0.1000. The number of carbonyl (C=O) groups excluding carboxylic acids is 1. The second-order valence-corrected chi connectivity index (χ2v) is 3.04. The van der Waals surface area contributed by atoms with E-state index < -0.39 is 5.91 Å². The van der Waals surface area contributed by atoms with Gasteiger partial charge in [0.15, 0.2) is 0 Å². The van der Waals surface area contributed by atoms with E-state index in [0.717, 1.165) is 10.9 Å². The Labute approximate surface area is 80.5 Å². The van der Waals surface area contributed by atoms with Crippen molar-refractivity contribution in [3.05, 3.63) is 36.0 Å². The Bertz CT molecular complexity index is 508. The van der Waals surface area contributed by atoms with E-state index in [-0.39, 0.29) is 0 Å². The molecule has 4 nitrogen and oxygen atoms in total. The predicted molar refractivity (Wildman–Crippen MR) is 54.7 cm³/mol. The number of carbonyl (C=O) groups is 1. The second-order valence-electron chi connectivity index (χ2n) is 3.04. The summed E-state index contributed by atoms with van der Waals surface area (Å²) in [4.78, 5) is 15.0. The number of hydrogen-bond acceptors (Lipinski definition) is 3. The summed E-state index contributed by atoms with van der Waals surface area (Å²) in [6.07, 6.45) is 1.45. The highest BCUT2D eigenvalue weighted by atomic mass is 16.1. The zero-order valence-electron chi connectivity index (χ0n) is 7.40. The molecule has 2 aromatic rings. The predicted octanol–water partition coefficient (Wildman–Crippen LogP) is 0.916. The van der Waals surface area contributed by atoms with E-state index in [1.54, 1.807) is 18.2 Å². The molecule has 0 spiro atoms. The molecule has 0 unspecified atom stereocenters. The molecule has 1 heterocycles. The first kappa shape index (κ1) is 8.50. The van der Waals surface area contributed by atoms with Gasteiger partial charge in [-0.25, -0.2) is 0 Å². The summed E-state index contributed by atoms with van der Waals surface area (Å²) in [5.41, 5.74) is 12.5. The van der Waals surface area contributed by atoms with Crippen LogP contribution in [0.1, 0.15) is 10.4 Å². The first-order valence-electron chi connectivity index (χ1n) is 4.12. The van der Waals surface area contributed by atoms with Crippen LogP contribution < -0.4 is 11.5 Å². The maximum absolute atomic E-state index is 10.9. The Kier molecular flexibility index (Phi) is 1.81. The zero-order valence-corrected chi connectivity index (χ0v) is 7.40. The summed E-state index contributed by atoms with van der Waals surface area (Å²) in [5, 5.41) is 0.857. The number of amides is 1. The van der Waals surface area contributed by atoms with Gasteiger partial charge < -0.3 is 11.5 Å². The number of aromatic nitrogens is 1. The number of rotatable bonds is 1. The highest BCUT2D eigenvalue weighted by Gasteiger charge is 2.02. The molecule has 0 atom stereocenters. The molecule has 4 N–H and O–H groups in total. The molecule has 14 heavy (non-hydrogen) atoms. The van der Waals surface area contributed by atoms with Gasteiger partial charge in [0.1, 0.15) is 0 Å². The lowest BCUT2D eigenvalue weighted by atomic mass is 10.1. The number of fused-ring (bicyclic) bond motifs is 1. The van der Waals surface area contributed by atoms with Crippen molar-refractivity contribution in [2.24, 2.45) is 5.73 Å². The number of nitrogens with zero attached hydrogens (tertiary/aromatic N) is 1. The van der Waals surface area contributed by atoms with Crippen molar-refractivity contribution in [3.63, 3.8) is 0 Å². The Balaban J connectivity index is 2.67. The summed E-state index contributed by atoms with van der Waals surface area (Å²) >= 11 is 0. The molecule has 2 rings (SSSR count). The molecule has 0 saturated carbocycles. The Morgan fingerprint density at radius 3 is 2.79 bits per heavy atom. The second kappa shape index (κ2) is 2.99. The Morgan fingerprint density at radius 2 is 2.07 bits per heavy atom. The normalized spacial score (nSPS) is 10.3. The average molecular weight is 187 g/mol. The van der Waals surface area contributed by atoms with Crippen LogP contribution in [0.25, 0.3) is 10.9 Å². The monoisotopic (exact) mass is 187 g/mol. The molecule has 1 aromatic heterocycles. The third-order valence-corrected chi connectivity index (χ3v) is 1.99. The molecule has 0 radical (unpaired) electrons. The maximum Gasteiger partial charge on any atom is 0.250 e. The Hall–Kier alpha value is -2.10. The third-order valence-electron chi connectivity index (χ3n) is 1.99. The van der Waals surface area contributed by atoms with Crippen LogP contribution in [-0.2, 0) is 0 Å². The van der Waals surface area contributed by atoms with Crippen molar-refractivity contribution in [2.75, 3.05) is 5.73 Å².